The van der Waals surface area contributed by atoms with Crippen molar-refractivity contribution in [2.24, 2.45) is 5.92 Å². The fourth-order valence-corrected chi connectivity index (χ4v) is 2.70. The standard InChI is InChI=1S/C13H17BrN2O2/c1-2-18-13(17)10-5-8-16(9-6-10)12-11(14)4-3-7-15-12/h3-4,7,10H,2,5-6,8-9H2,1H3. The Morgan fingerprint density at radius 1 is 1.56 bits per heavy atom. The fourth-order valence-electron chi connectivity index (χ4n) is 2.20. The smallest absolute Gasteiger partial charge is 0.309 e. The molecular formula is C13H17BrN2O2. The molecule has 98 valence electrons. The van der Waals surface area contributed by atoms with Gasteiger partial charge in [0.2, 0.25) is 0 Å². The number of carbonyl (C=O) groups is 1. The number of anilines is 1. The number of halogens is 1. The first kappa shape index (κ1) is 13.3. The van der Waals surface area contributed by atoms with E-state index in [1.807, 2.05) is 19.1 Å². The van der Waals surface area contributed by atoms with E-state index >= 15 is 0 Å². The minimum atomic E-state index is -0.0581. The molecule has 1 aliphatic rings. The Labute approximate surface area is 115 Å². The van der Waals surface area contributed by atoms with Crippen LogP contribution in [0, 0.1) is 5.92 Å². The molecule has 5 heteroatoms. The van der Waals surface area contributed by atoms with Crippen molar-refractivity contribution < 1.29 is 9.53 Å². The quantitative estimate of drug-likeness (QED) is 0.805. The minimum absolute atomic E-state index is 0.0451. The molecule has 0 saturated carbocycles. The van der Waals surface area contributed by atoms with Crippen molar-refractivity contribution in [1.82, 2.24) is 4.98 Å². The Morgan fingerprint density at radius 2 is 2.28 bits per heavy atom. The van der Waals surface area contributed by atoms with Gasteiger partial charge < -0.3 is 9.64 Å². The van der Waals surface area contributed by atoms with E-state index in [9.17, 15) is 4.79 Å². The van der Waals surface area contributed by atoms with Crippen LogP contribution in [0.25, 0.3) is 0 Å². The summed E-state index contributed by atoms with van der Waals surface area (Å²) in [4.78, 5) is 18.2. The predicted octanol–water partition coefficient (Wildman–Crippen LogP) is 2.62. The number of hydrogen-bond donors (Lipinski definition) is 0. The molecule has 4 nitrogen and oxygen atoms in total. The molecule has 0 spiro atoms. The molecule has 0 aliphatic carbocycles. The Hall–Kier alpha value is -1.10. The van der Waals surface area contributed by atoms with E-state index in [-0.39, 0.29) is 11.9 Å². The van der Waals surface area contributed by atoms with Crippen molar-refractivity contribution in [2.75, 3.05) is 24.6 Å². The van der Waals surface area contributed by atoms with Crippen molar-refractivity contribution in [3.05, 3.63) is 22.8 Å². The van der Waals surface area contributed by atoms with Crippen molar-refractivity contribution in [3.63, 3.8) is 0 Å². The molecule has 2 rings (SSSR count). The number of pyridine rings is 1. The third kappa shape index (κ3) is 3.02. The largest absolute Gasteiger partial charge is 0.466 e. The maximum Gasteiger partial charge on any atom is 0.309 e. The van der Waals surface area contributed by atoms with E-state index in [1.165, 1.54) is 0 Å². The zero-order chi connectivity index (χ0) is 13.0. The summed E-state index contributed by atoms with van der Waals surface area (Å²) in [7, 11) is 0. The van der Waals surface area contributed by atoms with Gasteiger partial charge in [-0.1, -0.05) is 0 Å². The third-order valence-corrected chi connectivity index (χ3v) is 3.77. The second kappa shape index (κ2) is 6.18. The molecule has 1 aromatic heterocycles. The Bertz CT molecular complexity index is 417. The molecule has 0 aromatic carbocycles. The third-order valence-electron chi connectivity index (χ3n) is 3.15. The number of nitrogens with zero attached hydrogens (tertiary/aromatic N) is 2. The topological polar surface area (TPSA) is 42.4 Å². The molecule has 1 aromatic rings. The van der Waals surface area contributed by atoms with Gasteiger partial charge in [0, 0.05) is 19.3 Å². The fraction of sp³-hybridized carbons (Fsp3) is 0.538. The average molecular weight is 313 g/mol. The molecule has 0 atom stereocenters. The maximum absolute atomic E-state index is 11.6. The number of aromatic nitrogens is 1. The normalized spacial score (nSPS) is 16.7. The number of esters is 1. The van der Waals surface area contributed by atoms with Crippen LogP contribution in [0.3, 0.4) is 0 Å². The van der Waals surface area contributed by atoms with Gasteiger partial charge in [0.1, 0.15) is 5.82 Å². The van der Waals surface area contributed by atoms with Gasteiger partial charge in [-0.25, -0.2) is 4.98 Å². The first-order chi connectivity index (χ1) is 8.72. The monoisotopic (exact) mass is 312 g/mol. The molecule has 0 radical (unpaired) electrons. The van der Waals surface area contributed by atoms with Gasteiger partial charge in [-0.3, -0.25) is 4.79 Å². The van der Waals surface area contributed by atoms with Crippen LogP contribution in [0.4, 0.5) is 5.82 Å². The van der Waals surface area contributed by atoms with Crippen LogP contribution in [0.1, 0.15) is 19.8 Å². The number of piperidine rings is 1. The van der Waals surface area contributed by atoms with Crippen molar-refractivity contribution >= 4 is 27.7 Å². The van der Waals surface area contributed by atoms with Crippen LogP contribution in [0.5, 0.6) is 0 Å². The second-order valence-electron chi connectivity index (χ2n) is 4.32. The van der Waals surface area contributed by atoms with E-state index in [2.05, 4.69) is 25.8 Å². The highest BCUT2D eigenvalue weighted by Crippen LogP contribution is 2.27. The summed E-state index contributed by atoms with van der Waals surface area (Å²) in [5.74, 6) is 0.945. The van der Waals surface area contributed by atoms with Crippen LogP contribution in [0.2, 0.25) is 0 Å². The van der Waals surface area contributed by atoms with Gasteiger partial charge >= 0.3 is 5.97 Å². The summed E-state index contributed by atoms with van der Waals surface area (Å²) in [5, 5.41) is 0. The summed E-state index contributed by atoms with van der Waals surface area (Å²) in [5.41, 5.74) is 0. The van der Waals surface area contributed by atoms with E-state index in [1.54, 1.807) is 6.20 Å². The van der Waals surface area contributed by atoms with Gasteiger partial charge in [-0.2, -0.15) is 0 Å². The molecule has 18 heavy (non-hydrogen) atoms. The molecule has 0 amide bonds. The van der Waals surface area contributed by atoms with Crippen molar-refractivity contribution in [3.8, 4) is 0 Å². The molecule has 2 heterocycles. The minimum Gasteiger partial charge on any atom is -0.466 e. The molecule has 1 saturated heterocycles. The lowest BCUT2D eigenvalue weighted by Gasteiger charge is -2.32. The Kier molecular flexibility index (Phi) is 4.58. The SMILES string of the molecule is CCOC(=O)C1CCN(c2ncccc2Br)CC1. The summed E-state index contributed by atoms with van der Waals surface area (Å²) in [6.07, 6.45) is 3.46. The van der Waals surface area contributed by atoms with E-state index in [0.717, 1.165) is 36.2 Å². The van der Waals surface area contributed by atoms with E-state index in [0.29, 0.717) is 6.61 Å². The Balaban J connectivity index is 1.95. The zero-order valence-corrected chi connectivity index (χ0v) is 12.0. The molecule has 1 fully saturated rings. The number of rotatable bonds is 3. The lowest BCUT2D eigenvalue weighted by atomic mass is 9.97. The highest BCUT2D eigenvalue weighted by atomic mass is 79.9. The number of ether oxygens (including phenoxy) is 1. The lowest BCUT2D eigenvalue weighted by Crippen LogP contribution is -2.37. The first-order valence-corrected chi connectivity index (χ1v) is 7.03. The maximum atomic E-state index is 11.6. The predicted molar refractivity (Wildman–Crippen MR) is 73.5 cm³/mol. The average Bonchev–Trinajstić information content (AvgIpc) is 2.40. The molecule has 0 N–H and O–H groups in total. The van der Waals surface area contributed by atoms with E-state index in [4.69, 9.17) is 4.74 Å². The summed E-state index contributed by atoms with van der Waals surface area (Å²) in [6.45, 7) is 4.00. The first-order valence-electron chi connectivity index (χ1n) is 6.24. The number of hydrogen-bond acceptors (Lipinski definition) is 4. The van der Waals surface area contributed by atoms with Gasteiger partial charge in [-0.05, 0) is 47.8 Å². The van der Waals surface area contributed by atoms with Crippen molar-refractivity contribution in [2.45, 2.75) is 19.8 Å². The van der Waals surface area contributed by atoms with Gasteiger partial charge in [-0.15, -0.1) is 0 Å². The molecule has 1 aliphatic heterocycles. The summed E-state index contributed by atoms with van der Waals surface area (Å²) < 4.78 is 6.06. The van der Waals surface area contributed by atoms with Gasteiger partial charge in [0.15, 0.2) is 0 Å². The van der Waals surface area contributed by atoms with Gasteiger partial charge in [0.25, 0.3) is 0 Å². The summed E-state index contributed by atoms with van der Waals surface area (Å²) in [6, 6.07) is 3.89. The lowest BCUT2D eigenvalue weighted by molar-refractivity contribution is -0.148. The number of carbonyl (C=O) groups excluding carboxylic acids is 1. The van der Waals surface area contributed by atoms with Crippen LogP contribution in [-0.4, -0.2) is 30.6 Å². The van der Waals surface area contributed by atoms with Crippen LogP contribution in [-0.2, 0) is 9.53 Å². The summed E-state index contributed by atoms with van der Waals surface area (Å²) >= 11 is 3.50. The molecule has 0 unspecified atom stereocenters. The van der Waals surface area contributed by atoms with Crippen LogP contribution >= 0.6 is 15.9 Å². The van der Waals surface area contributed by atoms with Crippen LogP contribution < -0.4 is 4.90 Å². The van der Waals surface area contributed by atoms with Crippen molar-refractivity contribution in [1.29, 1.82) is 0 Å². The zero-order valence-electron chi connectivity index (χ0n) is 10.4. The highest BCUT2D eigenvalue weighted by molar-refractivity contribution is 9.10. The van der Waals surface area contributed by atoms with E-state index < -0.39 is 0 Å². The molecular weight excluding hydrogens is 296 g/mol. The van der Waals surface area contributed by atoms with Crippen LogP contribution in [0.15, 0.2) is 22.8 Å². The Morgan fingerprint density at radius 3 is 2.89 bits per heavy atom. The van der Waals surface area contributed by atoms with Gasteiger partial charge in [0.05, 0.1) is 17.0 Å². The molecule has 0 bridgehead atoms. The second-order valence-corrected chi connectivity index (χ2v) is 5.18. The highest BCUT2D eigenvalue weighted by Gasteiger charge is 2.27.